The highest BCUT2D eigenvalue weighted by Gasteiger charge is 2.27. The molecule has 0 N–H and O–H groups in total. The van der Waals surface area contributed by atoms with E-state index in [1.165, 1.54) is 35.0 Å². The largest absolute Gasteiger partial charge is 1.00 e. The summed E-state index contributed by atoms with van der Waals surface area (Å²) < 4.78 is 2.48. The van der Waals surface area contributed by atoms with Gasteiger partial charge in [-0.05, 0) is 0 Å². The second-order valence-corrected chi connectivity index (χ2v) is 6.49. The third kappa shape index (κ3) is 3.69. The number of nitrogens with zero attached hydrogens (tertiary/aromatic N) is 1. The molecule has 0 bridgehead atoms. The van der Waals surface area contributed by atoms with E-state index in [2.05, 4.69) is 46.1 Å². The highest BCUT2D eigenvalue weighted by atomic mass is 127. The zero-order valence-electron chi connectivity index (χ0n) is 11.4. The molecule has 0 unspecified atom stereocenters. The summed E-state index contributed by atoms with van der Waals surface area (Å²) in [5.41, 5.74) is 1.76. The molecule has 0 atom stereocenters. The monoisotopic (exact) mass is 353 g/mol. The Hall–Kier alpha value is 0.360. The quantitative estimate of drug-likeness (QED) is 0.558. The zero-order valence-corrected chi connectivity index (χ0v) is 14.3. The first-order valence-corrected chi connectivity index (χ1v) is 6.70. The fourth-order valence-electron chi connectivity index (χ4n) is 1.97. The smallest absolute Gasteiger partial charge is 0.234 e. The molecule has 0 aliphatic heterocycles. The molecule has 1 rings (SSSR count). The molecule has 0 aromatic carbocycles. The first-order chi connectivity index (χ1) is 6.88. The topological polar surface area (TPSA) is 3.88 Å². The van der Waals surface area contributed by atoms with Crippen molar-refractivity contribution in [2.75, 3.05) is 0 Å². The van der Waals surface area contributed by atoms with Gasteiger partial charge in [-0.2, -0.15) is 4.57 Å². The Balaban J connectivity index is 0.00000225. The van der Waals surface area contributed by atoms with E-state index in [1.807, 2.05) is 11.3 Å². The Morgan fingerprint density at radius 2 is 1.75 bits per heavy atom. The lowest BCUT2D eigenvalue weighted by molar-refractivity contribution is -0.704. The van der Waals surface area contributed by atoms with Gasteiger partial charge in [-0.3, -0.25) is 0 Å². The van der Waals surface area contributed by atoms with Crippen molar-refractivity contribution in [2.45, 2.75) is 66.3 Å². The SMILES string of the molecule is CCCC[n+]1c(C)sc(C(C)(C)C)c1C.[I-]. The lowest BCUT2D eigenvalue weighted by Crippen LogP contribution is -3.00. The highest BCUT2D eigenvalue weighted by Crippen LogP contribution is 2.29. The van der Waals surface area contributed by atoms with Gasteiger partial charge in [-0.25, -0.2) is 0 Å². The van der Waals surface area contributed by atoms with E-state index in [1.54, 1.807) is 0 Å². The number of hydrogen-bond donors (Lipinski definition) is 0. The van der Waals surface area contributed by atoms with Gasteiger partial charge in [-0.1, -0.05) is 45.5 Å². The zero-order chi connectivity index (χ0) is 11.6. The molecular formula is C13H24INS. The van der Waals surface area contributed by atoms with E-state index in [9.17, 15) is 0 Å². The maximum absolute atomic E-state index is 2.48. The molecule has 16 heavy (non-hydrogen) atoms. The Kier molecular flexibility index (Phi) is 6.48. The molecule has 0 amide bonds. The molecule has 0 aliphatic rings. The van der Waals surface area contributed by atoms with E-state index in [4.69, 9.17) is 0 Å². The second-order valence-electron chi connectivity index (χ2n) is 5.29. The molecule has 1 aromatic heterocycles. The summed E-state index contributed by atoms with van der Waals surface area (Å²) in [6.07, 6.45) is 2.55. The highest BCUT2D eigenvalue weighted by molar-refractivity contribution is 7.11. The number of unbranched alkanes of at least 4 members (excludes halogenated alkanes) is 1. The van der Waals surface area contributed by atoms with Gasteiger partial charge in [0.25, 0.3) is 0 Å². The lowest BCUT2D eigenvalue weighted by atomic mass is 9.93. The van der Waals surface area contributed by atoms with Gasteiger partial charge in [0.05, 0.1) is 4.88 Å². The van der Waals surface area contributed by atoms with Gasteiger partial charge in [0, 0.05) is 25.7 Å². The number of aromatic nitrogens is 1. The summed E-state index contributed by atoms with van der Waals surface area (Å²) in [5.74, 6) is 0. The lowest BCUT2D eigenvalue weighted by Gasteiger charge is -2.14. The molecule has 3 heteroatoms. The standard InChI is InChI=1S/C13H24NS.HI/c1-7-8-9-14-10(2)12(13(4,5)6)15-11(14)3;/h7-9H2,1-6H3;1H/q+1;/p-1. The van der Waals surface area contributed by atoms with Gasteiger partial charge in [-0.15, -0.1) is 0 Å². The number of rotatable bonds is 3. The number of halogens is 1. The number of aryl methyl sites for hydroxylation is 1. The van der Waals surface area contributed by atoms with Crippen LogP contribution in [-0.2, 0) is 12.0 Å². The van der Waals surface area contributed by atoms with E-state index in [0.717, 1.165) is 0 Å². The summed E-state index contributed by atoms with van der Waals surface area (Å²) in [7, 11) is 0. The van der Waals surface area contributed by atoms with Crippen LogP contribution in [0.3, 0.4) is 0 Å². The van der Waals surface area contributed by atoms with E-state index in [-0.39, 0.29) is 29.4 Å². The van der Waals surface area contributed by atoms with Gasteiger partial charge < -0.3 is 24.0 Å². The summed E-state index contributed by atoms with van der Waals surface area (Å²) in [5, 5.41) is 1.45. The average molecular weight is 353 g/mol. The molecule has 1 nitrogen and oxygen atoms in total. The van der Waals surface area contributed by atoms with Crippen molar-refractivity contribution < 1.29 is 28.5 Å². The normalized spacial score (nSPS) is 11.4. The molecule has 1 heterocycles. The predicted molar refractivity (Wildman–Crippen MR) is 67.6 cm³/mol. The van der Waals surface area contributed by atoms with Crippen LogP contribution in [0.15, 0.2) is 0 Å². The van der Waals surface area contributed by atoms with Crippen molar-refractivity contribution >= 4 is 11.3 Å². The molecule has 0 aliphatic carbocycles. The van der Waals surface area contributed by atoms with Crippen LogP contribution >= 0.6 is 11.3 Å². The van der Waals surface area contributed by atoms with Crippen molar-refractivity contribution in [3.8, 4) is 0 Å². The summed E-state index contributed by atoms with van der Waals surface area (Å²) in [6, 6.07) is 0. The van der Waals surface area contributed by atoms with Gasteiger partial charge in [0.15, 0.2) is 5.69 Å². The van der Waals surface area contributed by atoms with E-state index < -0.39 is 0 Å². The van der Waals surface area contributed by atoms with Crippen LogP contribution in [0.4, 0.5) is 0 Å². The predicted octanol–water partition coefficient (Wildman–Crippen LogP) is 0.754. The third-order valence-corrected chi connectivity index (χ3v) is 4.41. The minimum Gasteiger partial charge on any atom is -1.00 e. The Labute approximate surface area is 121 Å². The summed E-state index contributed by atoms with van der Waals surface area (Å²) in [6.45, 7) is 14.8. The molecule has 1 aromatic rings. The maximum atomic E-state index is 2.48. The minimum absolute atomic E-state index is 0. The first-order valence-electron chi connectivity index (χ1n) is 5.88. The van der Waals surface area contributed by atoms with E-state index in [0.29, 0.717) is 0 Å². The Morgan fingerprint density at radius 3 is 2.12 bits per heavy atom. The fraction of sp³-hybridized carbons (Fsp3) is 0.769. The Morgan fingerprint density at radius 1 is 1.19 bits per heavy atom. The van der Waals surface area contributed by atoms with Crippen LogP contribution in [-0.4, -0.2) is 0 Å². The first kappa shape index (κ1) is 16.4. The minimum atomic E-state index is 0. The van der Waals surface area contributed by atoms with Crippen molar-refractivity contribution in [1.82, 2.24) is 0 Å². The fourth-order valence-corrected chi connectivity index (χ4v) is 3.17. The van der Waals surface area contributed by atoms with Gasteiger partial charge in [0.2, 0.25) is 5.01 Å². The van der Waals surface area contributed by atoms with Crippen molar-refractivity contribution in [2.24, 2.45) is 0 Å². The molecule has 0 radical (unpaired) electrons. The number of thiazole rings is 1. The van der Waals surface area contributed by atoms with Crippen LogP contribution in [0.2, 0.25) is 0 Å². The summed E-state index contributed by atoms with van der Waals surface area (Å²) >= 11 is 1.96. The van der Waals surface area contributed by atoms with Crippen molar-refractivity contribution in [3.63, 3.8) is 0 Å². The van der Waals surface area contributed by atoms with Gasteiger partial charge in [0.1, 0.15) is 6.54 Å². The maximum Gasteiger partial charge on any atom is 0.234 e. The molecule has 0 spiro atoms. The molecule has 94 valence electrons. The van der Waals surface area contributed by atoms with Crippen LogP contribution in [0.5, 0.6) is 0 Å². The second kappa shape index (κ2) is 6.34. The van der Waals surface area contributed by atoms with Crippen LogP contribution in [0.1, 0.15) is 56.1 Å². The van der Waals surface area contributed by atoms with Gasteiger partial charge >= 0.3 is 0 Å². The van der Waals surface area contributed by atoms with Crippen LogP contribution in [0, 0.1) is 13.8 Å². The average Bonchev–Trinajstić information content (AvgIpc) is 2.39. The van der Waals surface area contributed by atoms with Crippen molar-refractivity contribution in [3.05, 3.63) is 15.6 Å². The van der Waals surface area contributed by atoms with Crippen LogP contribution < -0.4 is 28.5 Å². The molecule has 0 saturated heterocycles. The Bertz CT molecular complexity index is 336. The van der Waals surface area contributed by atoms with Crippen molar-refractivity contribution in [1.29, 1.82) is 0 Å². The van der Waals surface area contributed by atoms with Crippen LogP contribution in [0.25, 0.3) is 0 Å². The molecule has 0 fully saturated rings. The molecular weight excluding hydrogens is 329 g/mol. The third-order valence-electron chi connectivity index (χ3n) is 2.78. The summed E-state index contributed by atoms with van der Waals surface area (Å²) in [4.78, 5) is 1.54. The number of hydrogen-bond acceptors (Lipinski definition) is 1. The van der Waals surface area contributed by atoms with E-state index >= 15 is 0 Å². The molecule has 0 saturated carbocycles.